The van der Waals surface area contributed by atoms with Crippen molar-refractivity contribution in [2.45, 2.75) is 44.3 Å². The van der Waals surface area contributed by atoms with Gasteiger partial charge >= 0.3 is 0 Å². The number of benzene rings is 2. The lowest BCUT2D eigenvalue weighted by atomic mass is 9.81. The van der Waals surface area contributed by atoms with E-state index in [0.29, 0.717) is 12.1 Å². The van der Waals surface area contributed by atoms with Crippen LogP contribution in [-0.4, -0.2) is 22.0 Å². The van der Waals surface area contributed by atoms with Crippen molar-refractivity contribution < 1.29 is 0 Å². The highest BCUT2D eigenvalue weighted by Gasteiger charge is 2.34. The van der Waals surface area contributed by atoms with Crippen molar-refractivity contribution >= 4 is 16.3 Å². The summed E-state index contributed by atoms with van der Waals surface area (Å²) in [7, 11) is 0. The van der Waals surface area contributed by atoms with Crippen LogP contribution in [0.5, 0.6) is 0 Å². The Morgan fingerprint density at radius 3 is 2.77 bits per heavy atom. The molecule has 0 N–H and O–H groups in total. The fraction of sp³-hybridized carbons (Fsp3) is 0.292. The Balaban J connectivity index is 1.50. The molecule has 1 fully saturated rings. The van der Waals surface area contributed by atoms with Gasteiger partial charge in [0.15, 0.2) is 0 Å². The maximum atomic E-state index is 4.37. The van der Waals surface area contributed by atoms with E-state index in [2.05, 4.69) is 70.6 Å². The second-order valence-corrected chi connectivity index (χ2v) is 7.61. The van der Waals surface area contributed by atoms with E-state index in [-0.39, 0.29) is 0 Å². The van der Waals surface area contributed by atoms with Crippen molar-refractivity contribution in [2.24, 2.45) is 0 Å². The summed E-state index contributed by atoms with van der Waals surface area (Å²) < 4.78 is 0. The molecule has 2 aromatic carbocycles. The van der Waals surface area contributed by atoms with Crippen LogP contribution in [-0.2, 0) is 6.54 Å². The molecule has 2 nitrogen and oxygen atoms in total. The average Bonchev–Trinajstić information content (AvgIpc) is 2.68. The molecular weight excluding hydrogens is 316 g/mol. The summed E-state index contributed by atoms with van der Waals surface area (Å²) in [6.45, 7) is 1.07. The van der Waals surface area contributed by atoms with Gasteiger partial charge < -0.3 is 0 Å². The Morgan fingerprint density at radius 1 is 0.962 bits per heavy atom. The predicted molar refractivity (Wildman–Crippen MR) is 108 cm³/mol. The molecule has 0 amide bonds. The van der Waals surface area contributed by atoms with E-state index in [1.54, 1.807) is 0 Å². The largest absolute Gasteiger partial charge is 0.289 e. The molecule has 1 aromatic heterocycles. The molecule has 2 heteroatoms. The summed E-state index contributed by atoms with van der Waals surface area (Å²) in [6, 6.07) is 20.9. The van der Waals surface area contributed by atoms with E-state index >= 15 is 0 Å². The first-order chi connectivity index (χ1) is 12.9. The minimum atomic E-state index is 0.560. The summed E-state index contributed by atoms with van der Waals surface area (Å²) in [5, 5.41) is 2.58. The smallest absolute Gasteiger partial charge is 0.0352 e. The normalized spacial score (nSPS) is 23.0. The van der Waals surface area contributed by atoms with Gasteiger partial charge in [-0.3, -0.25) is 9.88 Å². The van der Waals surface area contributed by atoms with Crippen molar-refractivity contribution in [3.05, 3.63) is 84.2 Å². The molecule has 0 saturated carbocycles. The molecule has 2 bridgehead atoms. The number of fused-ring (bicyclic) bond motifs is 3. The van der Waals surface area contributed by atoms with Crippen molar-refractivity contribution in [2.75, 3.05) is 0 Å². The van der Waals surface area contributed by atoms with Crippen LogP contribution in [0.1, 0.15) is 36.8 Å². The number of nitrogens with zero attached hydrogens (tertiary/aromatic N) is 2. The minimum absolute atomic E-state index is 0.560. The third kappa shape index (κ3) is 2.85. The Hall–Kier alpha value is -2.45. The molecule has 3 aromatic rings. The summed E-state index contributed by atoms with van der Waals surface area (Å²) in [5.74, 6) is 0. The molecule has 26 heavy (non-hydrogen) atoms. The lowest BCUT2D eigenvalue weighted by molar-refractivity contribution is 0.0951. The third-order valence-electron chi connectivity index (χ3n) is 6.02. The number of hydrogen-bond donors (Lipinski definition) is 0. The molecule has 2 unspecified atom stereocenters. The fourth-order valence-corrected chi connectivity index (χ4v) is 4.75. The predicted octanol–water partition coefficient (Wildman–Crippen LogP) is 5.45. The Bertz CT molecular complexity index is 939. The minimum Gasteiger partial charge on any atom is -0.289 e. The quantitative estimate of drug-likeness (QED) is 0.630. The average molecular weight is 340 g/mol. The highest BCUT2D eigenvalue weighted by atomic mass is 15.2. The first-order valence-corrected chi connectivity index (χ1v) is 9.72. The lowest BCUT2D eigenvalue weighted by Gasteiger charge is -2.45. The second-order valence-electron chi connectivity index (χ2n) is 7.61. The van der Waals surface area contributed by atoms with Gasteiger partial charge in [0.2, 0.25) is 0 Å². The fourth-order valence-electron chi connectivity index (χ4n) is 4.75. The zero-order chi connectivity index (χ0) is 17.3. The summed E-state index contributed by atoms with van der Waals surface area (Å²) >= 11 is 0. The Labute approximate surface area is 155 Å². The first kappa shape index (κ1) is 15.8. The van der Waals surface area contributed by atoms with Gasteiger partial charge in [0, 0.05) is 36.4 Å². The zero-order valence-electron chi connectivity index (χ0n) is 15.0. The van der Waals surface area contributed by atoms with E-state index in [4.69, 9.17) is 0 Å². The third-order valence-corrected chi connectivity index (χ3v) is 6.02. The van der Waals surface area contributed by atoms with E-state index < -0.39 is 0 Å². The lowest BCUT2D eigenvalue weighted by Crippen LogP contribution is -2.47. The molecule has 2 atom stereocenters. The topological polar surface area (TPSA) is 16.1 Å². The Kier molecular flexibility index (Phi) is 4.06. The van der Waals surface area contributed by atoms with Gasteiger partial charge in [0.05, 0.1) is 0 Å². The van der Waals surface area contributed by atoms with E-state index in [9.17, 15) is 0 Å². The van der Waals surface area contributed by atoms with E-state index in [1.807, 2.05) is 12.4 Å². The molecule has 5 rings (SSSR count). The van der Waals surface area contributed by atoms with E-state index in [1.165, 1.54) is 46.7 Å². The van der Waals surface area contributed by atoms with Crippen LogP contribution in [0, 0.1) is 0 Å². The number of rotatable bonds is 3. The molecule has 1 saturated heterocycles. The van der Waals surface area contributed by atoms with Gasteiger partial charge in [0.1, 0.15) is 0 Å². The zero-order valence-corrected chi connectivity index (χ0v) is 15.0. The van der Waals surface area contributed by atoms with Gasteiger partial charge in [-0.2, -0.15) is 0 Å². The molecule has 130 valence electrons. The van der Waals surface area contributed by atoms with Crippen molar-refractivity contribution in [3.63, 3.8) is 0 Å². The molecule has 2 aliphatic heterocycles. The maximum absolute atomic E-state index is 4.37. The van der Waals surface area contributed by atoms with Crippen LogP contribution < -0.4 is 0 Å². The summed E-state index contributed by atoms with van der Waals surface area (Å²) in [4.78, 5) is 7.10. The number of aromatic nitrogens is 1. The van der Waals surface area contributed by atoms with Gasteiger partial charge in [-0.05, 0) is 47.4 Å². The van der Waals surface area contributed by atoms with Gasteiger partial charge in [-0.25, -0.2) is 0 Å². The highest BCUT2D eigenvalue weighted by molar-refractivity contribution is 5.93. The van der Waals surface area contributed by atoms with Crippen molar-refractivity contribution in [1.82, 2.24) is 9.88 Å². The highest BCUT2D eigenvalue weighted by Crippen LogP contribution is 2.39. The molecule has 2 aliphatic rings. The maximum Gasteiger partial charge on any atom is 0.0352 e. The molecular formula is C24H24N2. The van der Waals surface area contributed by atoms with Gasteiger partial charge in [-0.1, -0.05) is 61.0 Å². The number of piperidine rings is 1. The Morgan fingerprint density at radius 2 is 1.88 bits per heavy atom. The number of hydrogen-bond acceptors (Lipinski definition) is 2. The summed E-state index contributed by atoms with van der Waals surface area (Å²) in [6.07, 6.45) is 11.5. The monoisotopic (exact) mass is 340 g/mol. The number of pyridine rings is 1. The van der Waals surface area contributed by atoms with Crippen LogP contribution in [0.3, 0.4) is 0 Å². The van der Waals surface area contributed by atoms with Crippen LogP contribution >= 0.6 is 0 Å². The molecule has 0 aliphatic carbocycles. The van der Waals surface area contributed by atoms with Crippen LogP contribution in [0.4, 0.5) is 0 Å². The standard InChI is InChI=1S/C24H24N2/c1-2-6-18(7-3-1)17-26-21-9-5-10-22(26)15-20(14-21)23-11-4-8-19-12-13-25-16-24(19)23/h1-4,6-8,11-14,16,21-22H,5,9-10,15,17H2. The van der Waals surface area contributed by atoms with Crippen LogP contribution in [0.15, 0.2) is 73.1 Å². The second kappa shape index (κ2) is 6.69. The molecule has 0 radical (unpaired) electrons. The van der Waals surface area contributed by atoms with Crippen LogP contribution in [0.25, 0.3) is 16.3 Å². The van der Waals surface area contributed by atoms with E-state index in [0.717, 1.165) is 13.0 Å². The van der Waals surface area contributed by atoms with Crippen molar-refractivity contribution in [3.8, 4) is 0 Å². The van der Waals surface area contributed by atoms with Crippen LogP contribution in [0.2, 0.25) is 0 Å². The summed E-state index contributed by atoms with van der Waals surface area (Å²) in [5.41, 5.74) is 4.32. The van der Waals surface area contributed by atoms with Gasteiger partial charge in [-0.15, -0.1) is 0 Å². The van der Waals surface area contributed by atoms with Crippen molar-refractivity contribution in [1.29, 1.82) is 0 Å². The molecule has 0 spiro atoms. The SMILES string of the molecule is C1=C(c2cccc3ccncc23)CC2CCCC1N2Cc1ccccc1. The first-order valence-electron chi connectivity index (χ1n) is 9.72. The molecule has 3 heterocycles. The van der Waals surface area contributed by atoms with Gasteiger partial charge in [0.25, 0.3) is 0 Å².